The maximum Gasteiger partial charge on any atom is 0.277 e. The predicted octanol–water partition coefficient (Wildman–Crippen LogP) is 1.93. The molecule has 0 bridgehead atoms. The summed E-state index contributed by atoms with van der Waals surface area (Å²) in [5.74, 6) is 0. The van der Waals surface area contributed by atoms with Crippen LogP contribution in [0.2, 0.25) is 0 Å². The van der Waals surface area contributed by atoms with E-state index in [1.54, 1.807) is 0 Å². The Hall–Kier alpha value is -1.37. The average Bonchev–Trinajstić information content (AvgIpc) is 2.69. The van der Waals surface area contributed by atoms with Crippen LogP contribution in [0.3, 0.4) is 0 Å². The number of rotatable bonds is 5. The minimum absolute atomic E-state index is 0.368. The smallest absolute Gasteiger partial charge is 0.277 e. The molecule has 0 fully saturated rings. The summed E-state index contributed by atoms with van der Waals surface area (Å²) in [6, 6.07) is 7.98. The normalized spacial score (nSPS) is 12.9. The highest BCUT2D eigenvalue weighted by Gasteiger charge is 2.19. The van der Waals surface area contributed by atoms with E-state index < -0.39 is 15.7 Å². The molecular weight excluding hydrogens is 274 g/mol. The molecule has 3 N–H and O–H groups in total. The van der Waals surface area contributed by atoms with Crippen molar-refractivity contribution < 1.29 is 8.42 Å². The molecule has 0 aliphatic heterocycles. The van der Waals surface area contributed by atoms with E-state index in [0.29, 0.717) is 13.0 Å². The summed E-state index contributed by atoms with van der Waals surface area (Å²) in [6.45, 7) is 5.80. The van der Waals surface area contributed by atoms with Gasteiger partial charge in [-0.3, -0.25) is 0 Å². The quantitative estimate of drug-likeness (QED) is 0.788. The molecule has 0 aliphatic carbocycles. The monoisotopic (exact) mass is 295 g/mol. The van der Waals surface area contributed by atoms with E-state index in [1.807, 2.05) is 51.2 Å². The van der Waals surface area contributed by atoms with Crippen molar-refractivity contribution in [2.45, 2.75) is 32.7 Å². The molecule has 2 rings (SSSR count). The zero-order valence-electron chi connectivity index (χ0n) is 12.0. The van der Waals surface area contributed by atoms with E-state index in [4.69, 9.17) is 0 Å². The van der Waals surface area contributed by atoms with E-state index >= 15 is 0 Å². The number of benzene rings is 1. The molecule has 0 unspecified atom stereocenters. The van der Waals surface area contributed by atoms with Gasteiger partial charge in [-0.25, -0.2) is 4.72 Å². The third kappa shape index (κ3) is 4.06. The average molecular weight is 295 g/mol. The first-order valence-electron chi connectivity index (χ1n) is 6.60. The Morgan fingerprint density at radius 2 is 1.90 bits per heavy atom. The van der Waals surface area contributed by atoms with Crippen molar-refractivity contribution in [3.8, 4) is 0 Å². The second kappa shape index (κ2) is 5.55. The molecule has 20 heavy (non-hydrogen) atoms. The predicted molar refractivity (Wildman–Crippen MR) is 81.8 cm³/mol. The lowest BCUT2D eigenvalue weighted by atomic mass is 10.1. The number of hydrogen-bond acceptors (Lipinski definition) is 2. The summed E-state index contributed by atoms with van der Waals surface area (Å²) in [4.78, 5) is 3.18. The molecule has 110 valence electrons. The minimum Gasteiger partial charge on any atom is -0.361 e. The molecule has 1 aromatic carbocycles. The van der Waals surface area contributed by atoms with Crippen molar-refractivity contribution in [2.75, 3.05) is 6.54 Å². The van der Waals surface area contributed by atoms with Gasteiger partial charge in [-0.15, -0.1) is 0 Å². The third-order valence-electron chi connectivity index (χ3n) is 2.80. The molecule has 0 radical (unpaired) electrons. The summed E-state index contributed by atoms with van der Waals surface area (Å²) in [7, 11) is -3.46. The van der Waals surface area contributed by atoms with Crippen LogP contribution in [0.15, 0.2) is 30.5 Å². The number of aromatic nitrogens is 1. The van der Waals surface area contributed by atoms with Gasteiger partial charge < -0.3 is 4.98 Å². The van der Waals surface area contributed by atoms with Gasteiger partial charge in [-0.2, -0.15) is 13.1 Å². The fraction of sp³-hybridized carbons (Fsp3) is 0.429. The molecule has 5 nitrogen and oxygen atoms in total. The Morgan fingerprint density at radius 3 is 2.60 bits per heavy atom. The topological polar surface area (TPSA) is 74.0 Å². The first-order valence-corrected chi connectivity index (χ1v) is 8.09. The third-order valence-corrected chi connectivity index (χ3v) is 4.27. The van der Waals surface area contributed by atoms with Gasteiger partial charge in [-0.05, 0) is 38.8 Å². The largest absolute Gasteiger partial charge is 0.361 e. The van der Waals surface area contributed by atoms with Gasteiger partial charge in [0.25, 0.3) is 10.2 Å². The molecule has 0 saturated carbocycles. The molecule has 1 aromatic heterocycles. The number of H-pyrrole nitrogens is 1. The van der Waals surface area contributed by atoms with Crippen LogP contribution in [-0.2, 0) is 16.6 Å². The van der Waals surface area contributed by atoms with Gasteiger partial charge in [0.05, 0.1) is 0 Å². The van der Waals surface area contributed by atoms with Gasteiger partial charge in [0.2, 0.25) is 0 Å². The lowest BCUT2D eigenvalue weighted by Crippen LogP contribution is -2.47. The summed E-state index contributed by atoms with van der Waals surface area (Å²) < 4.78 is 28.7. The lowest BCUT2D eigenvalue weighted by molar-refractivity contribution is 0.484. The van der Waals surface area contributed by atoms with Crippen molar-refractivity contribution >= 4 is 21.1 Å². The van der Waals surface area contributed by atoms with Crippen LogP contribution < -0.4 is 9.44 Å². The Bertz CT molecular complexity index is 684. The Balaban J connectivity index is 1.96. The Morgan fingerprint density at radius 1 is 1.20 bits per heavy atom. The van der Waals surface area contributed by atoms with Crippen LogP contribution in [0, 0.1) is 0 Å². The lowest BCUT2D eigenvalue weighted by Gasteiger charge is -2.20. The van der Waals surface area contributed by atoms with Crippen LogP contribution in [0.25, 0.3) is 10.9 Å². The van der Waals surface area contributed by atoms with Crippen LogP contribution >= 0.6 is 0 Å². The van der Waals surface area contributed by atoms with Crippen LogP contribution in [0.5, 0.6) is 0 Å². The van der Waals surface area contributed by atoms with E-state index in [1.165, 1.54) is 0 Å². The Labute approximate surface area is 120 Å². The van der Waals surface area contributed by atoms with Gasteiger partial charge in [0, 0.05) is 29.2 Å². The summed E-state index contributed by atoms with van der Waals surface area (Å²) in [5, 5.41) is 1.13. The van der Waals surface area contributed by atoms with Crippen molar-refractivity contribution in [2.24, 2.45) is 0 Å². The highest BCUT2D eigenvalue weighted by atomic mass is 32.2. The number of aromatic amines is 1. The Kier molecular flexibility index (Phi) is 4.17. The summed E-state index contributed by atoms with van der Waals surface area (Å²) in [6.07, 6.45) is 2.57. The fourth-order valence-corrected chi connectivity index (χ4v) is 3.35. The maximum absolute atomic E-state index is 11.8. The zero-order chi connectivity index (χ0) is 14.8. The summed E-state index contributed by atoms with van der Waals surface area (Å²) >= 11 is 0. The highest BCUT2D eigenvalue weighted by molar-refractivity contribution is 7.87. The molecule has 0 amide bonds. The zero-order valence-corrected chi connectivity index (χ0v) is 12.8. The molecule has 0 saturated heterocycles. The molecule has 0 aliphatic rings. The standard InChI is InChI=1S/C14H21N3O2S/c1-14(2,3)17-20(18,19)16-9-8-11-10-15-13-7-5-4-6-12(11)13/h4-7,10,15-17H,8-9H2,1-3H3. The SMILES string of the molecule is CC(C)(C)NS(=O)(=O)NCCc1c[nH]c2ccccc12. The van der Waals surface area contributed by atoms with Gasteiger partial charge in [-0.1, -0.05) is 18.2 Å². The van der Waals surface area contributed by atoms with E-state index in [0.717, 1.165) is 16.5 Å². The molecule has 1 heterocycles. The second-order valence-corrected chi connectivity index (χ2v) is 7.36. The van der Waals surface area contributed by atoms with Crippen molar-refractivity contribution in [1.82, 2.24) is 14.4 Å². The number of para-hydroxylation sites is 1. The number of nitrogens with one attached hydrogen (secondary N) is 3. The van der Waals surface area contributed by atoms with Crippen LogP contribution in [0.4, 0.5) is 0 Å². The molecular formula is C14H21N3O2S. The molecule has 6 heteroatoms. The van der Waals surface area contributed by atoms with Crippen molar-refractivity contribution in [3.63, 3.8) is 0 Å². The first kappa shape index (κ1) is 15.0. The van der Waals surface area contributed by atoms with Gasteiger partial charge in [0.15, 0.2) is 0 Å². The van der Waals surface area contributed by atoms with E-state index in [2.05, 4.69) is 14.4 Å². The molecule has 0 spiro atoms. The van der Waals surface area contributed by atoms with Crippen LogP contribution in [-0.4, -0.2) is 25.5 Å². The van der Waals surface area contributed by atoms with Gasteiger partial charge >= 0.3 is 0 Å². The fourth-order valence-electron chi connectivity index (χ4n) is 2.10. The number of fused-ring (bicyclic) bond motifs is 1. The van der Waals surface area contributed by atoms with Crippen LogP contribution in [0.1, 0.15) is 26.3 Å². The molecule has 0 atom stereocenters. The molecule has 2 aromatic rings. The van der Waals surface area contributed by atoms with E-state index in [-0.39, 0.29) is 0 Å². The highest BCUT2D eigenvalue weighted by Crippen LogP contribution is 2.17. The first-order chi connectivity index (χ1) is 9.27. The maximum atomic E-state index is 11.8. The minimum atomic E-state index is -3.46. The van der Waals surface area contributed by atoms with Gasteiger partial charge in [0.1, 0.15) is 0 Å². The van der Waals surface area contributed by atoms with Crippen molar-refractivity contribution in [3.05, 3.63) is 36.0 Å². The second-order valence-electron chi connectivity index (χ2n) is 5.86. The van der Waals surface area contributed by atoms with Crippen molar-refractivity contribution in [1.29, 1.82) is 0 Å². The summed E-state index contributed by atoms with van der Waals surface area (Å²) in [5.41, 5.74) is 1.70. The van der Waals surface area contributed by atoms with E-state index in [9.17, 15) is 8.42 Å². The number of hydrogen-bond donors (Lipinski definition) is 3.